The van der Waals surface area contributed by atoms with Crippen molar-refractivity contribution in [2.24, 2.45) is 11.3 Å². The maximum atomic E-state index is 15.8. The quantitative estimate of drug-likeness (QED) is 0.296. The summed E-state index contributed by atoms with van der Waals surface area (Å²) in [5.74, 6) is -0.540. The number of carbonyl (C=O) groups is 1. The van der Waals surface area contributed by atoms with Crippen molar-refractivity contribution in [3.8, 4) is 17.3 Å². The van der Waals surface area contributed by atoms with Gasteiger partial charge < -0.3 is 19.4 Å². The van der Waals surface area contributed by atoms with Crippen LogP contribution in [0.25, 0.3) is 22.2 Å². The van der Waals surface area contributed by atoms with Crippen LogP contribution in [-0.4, -0.2) is 67.2 Å². The molecule has 0 saturated carbocycles. The van der Waals surface area contributed by atoms with E-state index in [0.717, 1.165) is 74.5 Å². The van der Waals surface area contributed by atoms with Crippen LogP contribution in [0.2, 0.25) is 0 Å². The lowest BCUT2D eigenvalue weighted by molar-refractivity contribution is -0.149. The number of aromatic nitrogens is 2. The zero-order valence-corrected chi connectivity index (χ0v) is 25.1. The fourth-order valence-corrected chi connectivity index (χ4v) is 8.18. The number of aryl methyl sites for hydroxylation is 1. The normalized spacial score (nSPS) is 20.0. The van der Waals surface area contributed by atoms with Crippen molar-refractivity contribution in [1.82, 2.24) is 14.9 Å². The second-order valence-corrected chi connectivity index (χ2v) is 13.5. The molecule has 2 aromatic heterocycles. The number of amides is 1. The van der Waals surface area contributed by atoms with Gasteiger partial charge in [-0.3, -0.25) is 4.79 Å². The molecule has 0 radical (unpaired) electrons. The molecule has 44 heavy (non-hydrogen) atoms. The lowest BCUT2D eigenvalue weighted by atomic mass is 9.72. The number of benzene rings is 2. The predicted molar refractivity (Wildman–Crippen MR) is 164 cm³/mol. The average Bonchev–Trinajstić information content (AvgIpc) is 3.76. The largest absolute Gasteiger partial charge is 0.381 e. The van der Waals surface area contributed by atoms with Crippen molar-refractivity contribution in [2.45, 2.75) is 25.7 Å². The van der Waals surface area contributed by atoms with Crippen molar-refractivity contribution < 1.29 is 18.3 Å². The minimum absolute atomic E-state index is 0.0170. The molecule has 1 aliphatic carbocycles. The van der Waals surface area contributed by atoms with Crippen molar-refractivity contribution in [3.63, 3.8) is 0 Å². The van der Waals surface area contributed by atoms with Gasteiger partial charge in [0, 0.05) is 67.6 Å². The molecule has 224 valence electrons. The third kappa shape index (κ3) is 4.34. The highest BCUT2D eigenvalue weighted by Crippen LogP contribution is 2.46. The Bertz CT molecular complexity index is 1850. The summed E-state index contributed by atoms with van der Waals surface area (Å²) in [5.41, 5.74) is 5.20. The molecule has 1 amide bonds. The van der Waals surface area contributed by atoms with E-state index < -0.39 is 0 Å². The molecule has 4 aliphatic rings. The number of halogens is 2. The van der Waals surface area contributed by atoms with Crippen LogP contribution < -0.4 is 9.80 Å². The van der Waals surface area contributed by atoms with Gasteiger partial charge in [-0.05, 0) is 67.6 Å². The van der Waals surface area contributed by atoms with Crippen molar-refractivity contribution in [3.05, 3.63) is 64.2 Å². The van der Waals surface area contributed by atoms with E-state index in [0.29, 0.717) is 45.4 Å². The van der Waals surface area contributed by atoms with E-state index in [1.165, 1.54) is 23.5 Å². The Hall–Kier alpha value is -4.14. The number of rotatable bonds is 5. The summed E-state index contributed by atoms with van der Waals surface area (Å²) < 4.78 is 34.8. The monoisotopic (exact) mass is 612 g/mol. The van der Waals surface area contributed by atoms with Crippen molar-refractivity contribution >= 4 is 44.7 Å². The summed E-state index contributed by atoms with van der Waals surface area (Å²) >= 11 is 1.26. The summed E-state index contributed by atoms with van der Waals surface area (Å²) in [5, 5.41) is 11.2. The zero-order valence-electron chi connectivity index (χ0n) is 24.3. The van der Waals surface area contributed by atoms with Crippen LogP contribution in [0.3, 0.4) is 0 Å². The third-order valence-electron chi connectivity index (χ3n) is 9.54. The highest BCUT2D eigenvalue weighted by molar-refractivity contribution is 7.16. The van der Waals surface area contributed by atoms with Crippen LogP contribution >= 0.6 is 11.3 Å². The molecule has 1 spiro atoms. The summed E-state index contributed by atoms with van der Waals surface area (Å²) in [6, 6.07) is 11.8. The Morgan fingerprint density at radius 1 is 1.14 bits per heavy atom. The van der Waals surface area contributed by atoms with Crippen LogP contribution in [0.15, 0.2) is 36.4 Å². The van der Waals surface area contributed by atoms with Gasteiger partial charge in [-0.15, -0.1) is 0 Å². The molecule has 0 unspecified atom stereocenters. The summed E-state index contributed by atoms with van der Waals surface area (Å²) in [7, 11) is 1.90. The van der Waals surface area contributed by atoms with E-state index in [2.05, 4.69) is 11.0 Å². The molecule has 8 nitrogen and oxygen atoms in total. The SMILES string of the molecule is CN(c1nc(-c2ccc(F)cc2)c(C#N)s1)c1c2c(nc3c(F)cc(N4CC5(CN(C(=O)[C@H]6CCOC6)C5)C4)cc13)CCC2. The predicted octanol–water partition coefficient (Wildman–Crippen LogP) is 5.45. The molecule has 4 aromatic rings. The number of fused-ring (bicyclic) bond motifs is 2. The van der Waals surface area contributed by atoms with Crippen molar-refractivity contribution in [2.75, 3.05) is 56.2 Å². The summed E-state index contributed by atoms with van der Waals surface area (Å²) in [4.78, 5) is 28.9. The first-order chi connectivity index (χ1) is 21.3. The fraction of sp³-hybridized carbons (Fsp3) is 0.394. The summed E-state index contributed by atoms with van der Waals surface area (Å²) in [6.07, 6.45) is 3.35. The number of pyridine rings is 1. The Labute approximate surface area is 257 Å². The summed E-state index contributed by atoms with van der Waals surface area (Å²) in [6.45, 7) is 4.19. The van der Waals surface area contributed by atoms with E-state index in [-0.39, 0.29) is 28.9 Å². The maximum Gasteiger partial charge on any atom is 0.228 e. The lowest BCUT2D eigenvalue weighted by Gasteiger charge is -2.61. The number of anilines is 3. The van der Waals surface area contributed by atoms with E-state index in [4.69, 9.17) is 14.7 Å². The Morgan fingerprint density at radius 2 is 1.93 bits per heavy atom. The number of likely N-dealkylation sites (tertiary alicyclic amines) is 1. The first-order valence-corrected chi connectivity index (χ1v) is 15.8. The van der Waals surface area contributed by atoms with Crippen LogP contribution in [0.4, 0.5) is 25.3 Å². The number of carbonyl (C=O) groups excluding carboxylic acids is 1. The van der Waals surface area contributed by atoms with Gasteiger partial charge in [-0.25, -0.2) is 18.7 Å². The topological polar surface area (TPSA) is 85.6 Å². The van der Waals surface area contributed by atoms with Gasteiger partial charge in [0.2, 0.25) is 5.91 Å². The number of ether oxygens (including phenoxy) is 1. The number of hydrogen-bond acceptors (Lipinski definition) is 8. The highest BCUT2D eigenvalue weighted by Gasteiger charge is 2.54. The van der Waals surface area contributed by atoms with Crippen LogP contribution in [0, 0.1) is 34.3 Å². The fourth-order valence-electron chi connectivity index (χ4n) is 7.33. The molecule has 5 heterocycles. The molecular formula is C33H30F2N6O2S. The average molecular weight is 613 g/mol. The third-order valence-corrected chi connectivity index (χ3v) is 10.6. The molecule has 0 N–H and O–H groups in total. The van der Waals surface area contributed by atoms with Gasteiger partial charge in [-0.1, -0.05) is 11.3 Å². The number of hydrogen-bond donors (Lipinski definition) is 0. The minimum atomic E-state index is -0.363. The number of thiazole rings is 1. The molecule has 3 aliphatic heterocycles. The first kappa shape index (κ1) is 27.4. The Kier molecular flexibility index (Phi) is 6.36. The molecule has 8 rings (SSSR count). The van der Waals surface area contributed by atoms with Crippen LogP contribution in [-0.2, 0) is 22.4 Å². The molecular weight excluding hydrogens is 582 g/mol. The first-order valence-electron chi connectivity index (χ1n) is 15.0. The minimum Gasteiger partial charge on any atom is -0.381 e. The van der Waals surface area contributed by atoms with Gasteiger partial charge in [-0.2, -0.15) is 5.26 Å². The molecule has 0 bridgehead atoms. The number of nitriles is 1. The van der Waals surface area contributed by atoms with E-state index in [9.17, 15) is 14.4 Å². The van der Waals surface area contributed by atoms with Crippen LogP contribution in [0.5, 0.6) is 0 Å². The van der Waals surface area contributed by atoms with E-state index in [1.54, 1.807) is 18.2 Å². The van der Waals surface area contributed by atoms with Gasteiger partial charge in [0.1, 0.15) is 28.0 Å². The number of nitrogens with zero attached hydrogens (tertiary/aromatic N) is 6. The Morgan fingerprint density at radius 3 is 2.66 bits per heavy atom. The second-order valence-electron chi connectivity index (χ2n) is 12.5. The van der Waals surface area contributed by atoms with Gasteiger partial charge in [0.15, 0.2) is 10.9 Å². The Balaban J connectivity index is 1.11. The van der Waals surface area contributed by atoms with Gasteiger partial charge in [0.05, 0.1) is 18.2 Å². The molecule has 2 aromatic carbocycles. The zero-order chi connectivity index (χ0) is 30.2. The molecule has 1 atom stereocenters. The van der Waals surface area contributed by atoms with Crippen LogP contribution in [0.1, 0.15) is 29.0 Å². The lowest BCUT2D eigenvalue weighted by Crippen LogP contribution is -2.73. The van der Waals surface area contributed by atoms with Gasteiger partial charge in [0.25, 0.3) is 0 Å². The standard InChI is InChI=1S/C33H30F2N6O2S/c1-39(32-38-28(27(13-36)44-32)19-5-7-21(34)8-6-19)30-23-3-2-4-26(23)37-29-24(30)11-22(12-25(29)35)40-15-33(16-40)17-41(18-33)31(42)20-9-10-43-14-20/h5-8,11-12,20H,2-4,9-10,14-18H2,1H3/t20-/m0/s1. The van der Waals surface area contributed by atoms with Gasteiger partial charge >= 0.3 is 0 Å². The molecule has 3 fully saturated rings. The highest BCUT2D eigenvalue weighted by atomic mass is 32.1. The maximum absolute atomic E-state index is 15.8. The van der Waals surface area contributed by atoms with E-state index >= 15 is 4.39 Å². The van der Waals surface area contributed by atoms with E-state index in [1.807, 2.05) is 22.9 Å². The van der Waals surface area contributed by atoms with Crippen molar-refractivity contribution in [1.29, 1.82) is 5.26 Å². The smallest absolute Gasteiger partial charge is 0.228 e. The molecule has 3 saturated heterocycles. The second kappa shape index (κ2) is 10.2. The molecule has 11 heteroatoms.